The molecule has 3 N–H and O–H groups in total. The van der Waals surface area contributed by atoms with Gasteiger partial charge >= 0.3 is 5.97 Å². The number of nitrogens with zero attached hydrogens (tertiary/aromatic N) is 1. The molecule has 0 saturated heterocycles. The summed E-state index contributed by atoms with van der Waals surface area (Å²) in [5, 5.41) is 15.8. The third kappa shape index (κ3) is 6.55. The molecule has 0 spiro atoms. The maximum absolute atomic E-state index is 12.9. The molecule has 3 aromatic rings. The average Bonchev–Trinajstić information content (AvgIpc) is 3.31. The first-order valence-corrected chi connectivity index (χ1v) is 12.4. The number of hydrogen-bond acceptors (Lipinski definition) is 5. The van der Waals surface area contributed by atoms with E-state index in [1.807, 2.05) is 63.2 Å². The second-order valence-corrected chi connectivity index (χ2v) is 9.72. The second kappa shape index (κ2) is 11.3. The highest BCUT2D eigenvalue weighted by molar-refractivity contribution is 5.99. The van der Waals surface area contributed by atoms with E-state index in [1.54, 1.807) is 6.26 Å². The van der Waals surface area contributed by atoms with E-state index in [0.717, 1.165) is 57.9 Å². The largest absolute Gasteiger partial charge is 0.480 e. The lowest BCUT2D eigenvalue weighted by Crippen LogP contribution is -2.42. The van der Waals surface area contributed by atoms with Crippen molar-refractivity contribution in [1.29, 1.82) is 0 Å². The molecular formula is C30H33N3O4. The van der Waals surface area contributed by atoms with Crippen LogP contribution < -0.4 is 10.6 Å². The van der Waals surface area contributed by atoms with Gasteiger partial charge in [-0.2, -0.15) is 0 Å². The Labute approximate surface area is 217 Å². The van der Waals surface area contributed by atoms with Gasteiger partial charge in [-0.05, 0) is 62.9 Å². The molecule has 0 radical (unpaired) electrons. The Kier molecular flexibility index (Phi) is 7.92. The summed E-state index contributed by atoms with van der Waals surface area (Å²) in [5.41, 5.74) is 7.26. The molecule has 0 bridgehead atoms. The van der Waals surface area contributed by atoms with E-state index in [-0.39, 0.29) is 12.3 Å². The van der Waals surface area contributed by atoms with Crippen LogP contribution in [-0.4, -0.2) is 35.4 Å². The maximum Gasteiger partial charge on any atom is 0.326 e. The molecule has 1 aliphatic heterocycles. The molecule has 37 heavy (non-hydrogen) atoms. The van der Waals surface area contributed by atoms with E-state index in [1.165, 1.54) is 5.57 Å². The minimum absolute atomic E-state index is 0.174. The van der Waals surface area contributed by atoms with Crippen molar-refractivity contribution >= 4 is 17.7 Å². The Morgan fingerprint density at radius 1 is 1.03 bits per heavy atom. The number of benzene rings is 2. The van der Waals surface area contributed by atoms with Gasteiger partial charge in [-0.1, -0.05) is 47.5 Å². The first-order valence-electron chi connectivity index (χ1n) is 12.4. The number of dihydropyridines is 1. The summed E-state index contributed by atoms with van der Waals surface area (Å²) in [5.74, 6) is 0.175. The fraction of sp³-hybridized carbons (Fsp3) is 0.300. The van der Waals surface area contributed by atoms with Gasteiger partial charge in [0, 0.05) is 36.2 Å². The number of aliphatic imine (C=N–C) groups is 1. The zero-order chi connectivity index (χ0) is 26.5. The molecule has 7 nitrogen and oxygen atoms in total. The molecular weight excluding hydrogens is 466 g/mol. The first kappa shape index (κ1) is 25.9. The molecule has 2 heterocycles. The molecule has 4 rings (SSSR count). The van der Waals surface area contributed by atoms with Gasteiger partial charge < -0.3 is 20.2 Å². The third-order valence-corrected chi connectivity index (χ3v) is 6.48. The number of furan rings is 1. The molecule has 0 aliphatic carbocycles. The highest BCUT2D eigenvalue weighted by Gasteiger charge is 2.23. The smallest absolute Gasteiger partial charge is 0.326 e. The van der Waals surface area contributed by atoms with Gasteiger partial charge in [-0.3, -0.25) is 9.79 Å². The van der Waals surface area contributed by atoms with Crippen molar-refractivity contribution in [2.24, 2.45) is 4.99 Å². The summed E-state index contributed by atoms with van der Waals surface area (Å²) in [4.78, 5) is 29.3. The summed E-state index contributed by atoms with van der Waals surface area (Å²) in [6, 6.07) is 12.3. The molecule has 1 aromatic heterocycles. The van der Waals surface area contributed by atoms with Crippen LogP contribution >= 0.6 is 0 Å². The van der Waals surface area contributed by atoms with Gasteiger partial charge in [0.25, 0.3) is 5.91 Å². The molecule has 1 amide bonds. The average molecular weight is 500 g/mol. The van der Waals surface area contributed by atoms with Crippen LogP contribution in [0.25, 0.3) is 11.3 Å². The zero-order valence-corrected chi connectivity index (χ0v) is 21.7. The maximum atomic E-state index is 12.9. The van der Waals surface area contributed by atoms with Crippen LogP contribution in [0.5, 0.6) is 0 Å². The standard InChI is InChI=1S/C30H33N3O4/c1-18-9-10-31-27(13-18)32-16-23-15-26(37-17-23)24-7-5-22(6-8-24)14-25(30(35)36)33-29(34)28-20(3)11-19(2)12-21(28)4/h5-8,11-13,15,17,25H,9-10,14,16H2,1-4H3,(H,31,32)(H,33,34)(H,35,36)/t25-/m0/s1. The summed E-state index contributed by atoms with van der Waals surface area (Å²) < 4.78 is 5.76. The Balaban J connectivity index is 1.39. The van der Waals surface area contributed by atoms with E-state index < -0.39 is 12.0 Å². The van der Waals surface area contributed by atoms with E-state index in [0.29, 0.717) is 12.1 Å². The van der Waals surface area contributed by atoms with Crippen molar-refractivity contribution in [2.75, 3.05) is 6.54 Å². The molecule has 0 fully saturated rings. The van der Waals surface area contributed by atoms with E-state index >= 15 is 0 Å². The van der Waals surface area contributed by atoms with Crippen LogP contribution in [0.15, 0.2) is 69.8 Å². The highest BCUT2D eigenvalue weighted by atomic mass is 16.4. The van der Waals surface area contributed by atoms with E-state index in [2.05, 4.69) is 28.6 Å². The van der Waals surface area contributed by atoms with Crippen molar-refractivity contribution in [3.05, 3.63) is 93.8 Å². The van der Waals surface area contributed by atoms with Crippen molar-refractivity contribution < 1.29 is 19.1 Å². The van der Waals surface area contributed by atoms with Gasteiger partial charge in [0.15, 0.2) is 0 Å². The van der Waals surface area contributed by atoms with Gasteiger partial charge in [0.05, 0.1) is 6.26 Å². The van der Waals surface area contributed by atoms with Crippen LogP contribution in [0.3, 0.4) is 0 Å². The lowest BCUT2D eigenvalue weighted by atomic mass is 9.98. The van der Waals surface area contributed by atoms with Crippen molar-refractivity contribution in [2.45, 2.75) is 53.1 Å². The topological polar surface area (TPSA) is 104 Å². The van der Waals surface area contributed by atoms with Crippen LogP contribution in [0, 0.1) is 20.8 Å². The number of hydrogen-bond donors (Lipinski definition) is 3. The summed E-state index contributed by atoms with van der Waals surface area (Å²) in [6.45, 7) is 9.23. The predicted molar refractivity (Wildman–Crippen MR) is 145 cm³/mol. The lowest BCUT2D eigenvalue weighted by Gasteiger charge is -2.17. The zero-order valence-electron chi connectivity index (χ0n) is 21.7. The molecule has 0 unspecified atom stereocenters. The Hall–Kier alpha value is -4.13. The number of carboxylic acid groups (broad SMARTS) is 1. The van der Waals surface area contributed by atoms with Crippen LogP contribution in [0.1, 0.15) is 51.5 Å². The Morgan fingerprint density at radius 2 is 1.73 bits per heavy atom. The normalized spacial score (nSPS) is 13.9. The van der Waals surface area contributed by atoms with Crippen molar-refractivity contribution in [3.63, 3.8) is 0 Å². The Morgan fingerprint density at radius 3 is 2.38 bits per heavy atom. The monoisotopic (exact) mass is 499 g/mol. The van der Waals surface area contributed by atoms with Gasteiger partial charge in [-0.15, -0.1) is 0 Å². The SMILES string of the molecule is CC1=CC(NCc2coc(-c3ccc(C[C@H](NC(=O)c4c(C)cc(C)cc4C)C(=O)O)cc3)c2)=NCC1. The first-order chi connectivity index (χ1) is 17.7. The molecule has 2 aromatic carbocycles. The van der Waals surface area contributed by atoms with E-state index in [4.69, 9.17) is 4.42 Å². The number of carbonyl (C=O) groups excluding carboxylic acids is 1. The second-order valence-electron chi connectivity index (χ2n) is 9.72. The summed E-state index contributed by atoms with van der Waals surface area (Å²) >= 11 is 0. The minimum Gasteiger partial charge on any atom is -0.480 e. The van der Waals surface area contributed by atoms with Crippen LogP contribution in [0.4, 0.5) is 0 Å². The number of aliphatic carboxylic acids is 1. The summed E-state index contributed by atoms with van der Waals surface area (Å²) in [7, 11) is 0. The lowest BCUT2D eigenvalue weighted by molar-refractivity contribution is -0.139. The molecule has 192 valence electrons. The number of aryl methyl sites for hydroxylation is 3. The minimum atomic E-state index is -1.07. The fourth-order valence-electron chi connectivity index (χ4n) is 4.63. The summed E-state index contributed by atoms with van der Waals surface area (Å²) in [6.07, 6.45) is 4.97. The van der Waals surface area contributed by atoms with Crippen LogP contribution in [0.2, 0.25) is 0 Å². The predicted octanol–water partition coefficient (Wildman–Crippen LogP) is 5.14. The van der Waals surface area contributed by atoms with E-state index in [9.17, 15) is 14.7 Å². The number of amidine groups is 1. The number of nitrogens with one attached hydrogen (secondary N) is 2. The molecule has 0 saturated carbocycles. The van der Waals surface area contributed by atoms with Crippen molar-refractivity contribution in [1.82, 2.24) is 10.6 Å². The van der Waals surface area contributed by atoms with Gasteiger partial charge in [0.1, 0.15) is 17.6 Å². The number of rotatable bonds is 8. The molecule has 1 aliphatic rings. The molecule has 7 heteroatoms. The quantitative estimate of drug-likeness (QED) is 0.398. The van der Waals surface area contributed by atoms with Crippen LogP contribution in [-0.2, 0) is 17.8 Å². The number of carbonyl (C=O) groups is 2. The van der Waals surface area contributed by atoms with Gasteiger partial charge in [-0.25, -0.2) is 4.79 Å². The molecule has 1 atom stereocenters. The van der Waals surface area contributed by atoms with Gasteiger partial charge in [0.2, 0.25) is 0 Å². The number of amides is 1. The highest BCUT2D eigenvalue weighted by Crippen LogP contribution is 2.23. The third-order valence-electron chi connectivity index (χ3n) is 6.48. The number of carboxylic acids is 1. The fourth-order valence-corrected chi connectivity index (χ4v) is 4.63. The van der Waals surface area contributed by atoms with Crippen molar-refractivity contribution in [3.8, 4) is 11.3 Å². The Bertz CT molecular complexity index is 1340.